The van der Waals surface area contributed by atoms with Crippen LogP contribution in [0.3, 0.4) is 0 Å². The van der Waals surface area contributed by atoms with Gasteiger partial charge in [0.25, 0.3) is 0 Å². The SMILES string of the molecule is N#CC(=CNc1cc(F)c(C#N)cc1I)c1nn[nH]n1. The molecule has 0 amide bonds. The molecule has 98 valence electrons. The third-order valence-electron chi connectivity index (χ3n) is 2.26. The van der Waals surface area contributed by atoms with Crippen molar-refractivity contribution in [1.29, 1.82) is 10.5 Å². The summed E-state index contributed by atoms with van der Waals surface area (Å²) in [6, 6.07) is 6.24. The number of nitriles is 2. The summed E-state index contributed by atoms with van der Waals surface area (Å²) in [5, 5.41) is 33.4. The van der Waals surface area contributed by atoms with Gasteiger partial charge in [-0.05, 0) is 39.9 Å². The van der Waals surface area contributed by atoms with Gasteiger partial charge in [-0.3, -0.25) is 0 Å². The maximum absolute atomic E-state index is 13.5. The van der Waals surface area contributed by atoms with Gasteiger partial charge in [0.15, 0.2) is 0 Å². The average Bonchev–Trinajstić information content (AvgIpc) is 2.96. The fraction of sp³-hybridized carbons (Fsp3) is 0. The van der Waals surface area contributed by atoms with Crippen molar-refractivity contribution in [2.75, 3.05) is 5.32 Å². The number of aromatic amines is 1. The summed E-state index contributed by atoms with van der Waals surface area (Å²) in [5.41, 5.74) is 0.528. The number of allylic oxidation sites excluding steroid dienone is 1. The molecule has 0 spiro atoms. The van der Waals surface area contributed by atoms with E-state index in [4.69, 9.17) is 10.5 Å². The molecule has 2 rings (SSSR count). The normalized spacial score (nSPS) is 10.7. The Morgan fingerprint density at radius 2 is 2.25 bits per heavy atom. The number of H-pyrrole nitrogens is 1. The van der Waals surface area contributed by atoms with E-state index in [1.807, 2.05) is 28.7 Å². The van der Waals surface area contributed by atoms with Crippen LogP contribution in [0, 0.1) is 32.0 Å². The first-order valence-corrected chi connectivity index (χ1v) is 6.23. The summed E-state index contributed by atoms with van der Waals surface area (Å²) in [7, 11) is 0. The lowest BCUT2D eigenvalue weighted by molar-refractivity contribution is 0.624. The standard InChI is InChI=1S/C11H5FIN7/c12-8-2-10(9(13)1-6(8)3-14)16-5-7(4-15)11-17-19-20-18-11/h1-2,5,16H,(H,17,18,19,20). The van der Waals surface area contributed by atoms with E-state index in [0.717, 1.165) is 0 Å². The maximum atomic E-state index is 13.5. The van der Waals surface area contributed by atoms with Crippen LogP contribution in [0.25, 0.3) is 5.57 Å². The first-order valence-electron chi connectivity index (χ1n) is 5.15. The van der Waals surface area contributed by atoms with E-state index >= 15 is 0 Å². The Labute approximate surface area is 126 Å². The predicted molar refractivity (Wildman–Crippen MR) is 75.2 cm³/mol. The Kier molecular flexibility index (Phi) is 4.22. The third-order valence-corrected chi connectivity index (χ3v) is 3.15. The molecule has 0 aliphatic rings. The summed E-state index contributed by atoms with van der Waals surface area (Å²) < 4.78 is 14.2. The molecule has 0 saturated heterocycles. The molecular formula is C11H5FIN7. The predicted octanol–water partition coefficient (Wildman–Crippen LogP) is 1.79. The van der Waals surface area contributed by atoms with E-state index < -0.39 is 5.82 Å². The molecule has 1 aromatic carbocycles. The number of nitrogens with zero attached hydrogens (tertiary/aromatic N) is 5. The molecule has 2 aromatic rings. The number of tetrazole rings is 1. The highest BCUT2D eigenvalue weighted by atomic mass is 127. The van der Waals surface area contributed by atoms with Crippen molar-refractivity contribution < 1.29 is 4.39 Å². The summed E-state index contributed by atoms with van der Waals surface area (Å²) in [6.45, 7) is 0. The van der Waals surface area contributed by atoms with Gasteiger partial charge in [0, 0.05) is 9.77 Å². The Hall–Kier alpha value is -2.53. The number of rotatable bonds is 3. The smallest absolute Gasteiger partial charge is 0.216 e. The number of benzene rings is 1. The number of hydrogen-bond acceptors (Lipinski definition) is 6. The molecule has 0 bridgehead atoms. The molecular weight excluding hydrogens is 376 g/mol. The molecule has 0 aliphatic carbocycles. The molecule has 1 aromatic heterocycles. The summed E-state index contributed by atoms with van der Waals surface area (Å²) in [5.74, 6) is -0.508. The molecule has 0 unspecified atom stereocenters. The highest BCUT2D eigenvalue weighted by Gasteiger charge is 2.09. The molecule has 0 saturated carbocycles. The Balaban J connectivity index is 2.30. The Morgan fingerprint density at radius 1 is 1.45 bits per heavy atom. The first-order chi connectivity index (χ1) is 9.65. The van der Waals surface area contributed by atoms with E-state index in [1.54, 1.807) is 6.07 Å². The second-order valence-electron chi connectivity index (χ2n) is 3.47. The van der Waals surface area contributed by atoms with Crippen LogP contribution in [0.4, 0.5) is 10.1 Å². The van der Waals surface area contributed by atoms with Crippen LogP contribution in [0.5, 0.6) is 0 Å². The lowest BCUT2D eigenvalue weighted by Gasteiger charge is -2.05. The van der Waals surface area contributed by atoms with Crippen LogP contribution in [0.1, 0.15) is 11.4 Å². The van der Waals surface area contributed by atoms with Crippen LogP contribution < -0.4 is 5.32 Å². The average molecular weight is 381 g/mol. The largest absolute Gasteiger partial charge is 0.359 e. The van der Waals surface area contributed by atoms with Crippen LogP contribution in [-0.2, 0) is 0 Å². The maximum Gasteiger partial charge on any atom is 0.216 e. The van der Waals surface area contributed by atoms with E-state index in [1.165, 1.54) is 18.3 Å². The first kappa shape index (κ1) is 13.9. The van der Waals surface area contributed by atoms with Gasteiger partial charge in [-0.25, -0.2) is 4.39 Å². The van der Waals surface area contributed by atoms with Crippen molar-refractivity contribution in [2.24, 2.45) is 0 Å². The minimum Gasteiger partial charge on any atom is -0.359 e. The van der Waals surface area contributed by atoms with Crippen molar-refractivity contribution in [1.82, 2.24) is 20.6 Å². The minimum atomic E-state index is -0.637. The van der Waals surface area contributed by atoms with Gasteiger partial charge in [-0.1, -0.05) is 0 Å². The molecule has 0 aliphatic heterocycles. The van der Waals surface area contributed by atoms with Gasteiger partial charge in [0.1, 0.15) is 23.5 Å². The zero-order chi connectivity index (χ0) is 14.5. The van der Waals surface area contributed by atoms with Crippen LogP contribution in [0.15, 0.2) is 18.3 Å². The molecule has 20 heavy (non-hydrogen) atoms. The quantitative estimate of drug-likeness (QED) is 0.619. The fourth-order valence-electron chi connectivity index (χ4n) is 1.32. The zero-order valence-electron chi connectivity index (χ0n) is 9.72. The van der Waals surface area contributed by atoms with E-state index in [2.05, 4.69) is 25.9 Å². The lowest BCUT2D eigenvalue weighted by Crippen LogP contribution is -1.97. The minimum absolute atomic E-state index is 0.0393. The summed E-state index contributed by atoms with van der Waals surface area (Å²) >= 11 is 1.96. The van der Waals surface area contributed by atoms with Crippen LogP contribution in [-0.4, -0.2) is 20.6 Å². The molecule has 2 N–H and O–H groups in total. The van der Waals surface area contributed by atoms with E-state index in [-0.39, 0.29) is 17.0 Å². The topological polar surface area (TPSA) is 114 Å². The van der Waals surface area contributed by atoms with Crippen molar-refractivity contribution in [2.45, 2.75) is 0 Å². The Bertz CT molecular complexity index is 739. The second-order valence-corrected chi connectivity index (χ2v) is 4.64. The van der Waals surface area contributed by atoms with Crippen molar-refractivity contribution >= 4 is 33.9 Å². The van der Waals surface area contributed by atoms with Gasteiger partial charge in [-0.2, -0.15) is 15.7 Å². The number of halogens is 2. The molecule has 7 nitrogen and oxygen atoms in total. The lowest BCUT2D eigenvalue weighted by atomic mass is 10.2. The van der Waals surface area contributed by atoms with Gasteiger partial charge >= 0.3 is 0 Å². The third kappa shape index (κ3) is 2.89. The molecule has 9 heteroatoms. The number of hydrogen-bond donors (Lipinski definition) is 2. The second kappa shape index (κ2) is 6.08. The van der Waals surface area contributed by atoms with Crippen molar-refractivity contribution in [3.8, 4) is 12.1 Å². The number of aromatic nitrogens is 4. The van der Waals surface area contributed by atoms with Crippen LogP contribution >= 0.6 is 22.6 Å². The van der Waals surface area contributed by atoms with Gasteiger partial charge in [-0.15, -0.1) is 10.2 Å². The van der Waals surface area contributed by atoms with Crippen LogP contribution in [0.2, 0.25) is 0 Å². The number of nitrogens with one attached hydrogen (secondary N) is 2. The highest BCUT2D eigenvalue weighted by Crippen LogP contribution is 2.22. The summed E-state index contributed by atoms with van der Waals surface area (Å²) in [6.07, 6.45) is 1.34. The van der Waals surface area contributed by atoms with E-state index in [0.29, 0.717) is 9.26 Å². The monoisotopic (exact) mass is 381 g/mol. The molecule has 1 heterocycles. The zero-order valence-corrected chi connectivity index (χ0v) is 11.9. The van der Waals surface area contributed by atoms with Gasteiger partial charge in [0.05, 0.1) is 11.3 Å². The number of anilines is 1. The fourth-order valence-corrected chi connectivity index (χ4v) is 1.94. The molecule has 0 radical (unpaired) electrons. The summed E-state index contributed by atoms with van der Waals surface area (Å²) in [4.78, 5) is 0. The van der Waals surface area contributed by atoms with Crippen molar-refractivity contribution in [3.63, 3.8) is 0 Å². The van der Waals surface area contributed by atoms with E-state index in [9.17, 15) is 4.39 Å². The molecule has 0 atom stereocenters. The van der Waals surface area contributed by atoms with Gasteiger partial charge < -0.3 is 5.32 Å². The Morgan fingerprint density at radius 3 is 2.85 bits per heavy atom. The van der Waals surface area contributed by atoms with Crippen molar-refractivity contribution in [3.05, 3.63) is 39.1 Å². The highest BCUT2D eigenvalue weighted by molar-refractivity contribution is 14.1. The van der Waals surface area contributed by atoms with Gasteiger partial charge in [0.2, 0.25) is 5.82 Å². The molecule has 0 fully saturated rings.